The van der Waals surface area contributed by atoms with Gasteiger partial charge in [0, 0.05) is 37.6 Å². The lowest BCUT2D eigenvalue weighted by Crippen LogP contribution is -2.48. The molecular weight excluding hydrogens is 416 g/mol. The number of nitrogens with zero attached hydrogens (tertiary/aromatic N) is 3. The van der Waals surface area contributed by atoms with Crippen LogP contribution in [0.2, 0.25) is 0 Å². The second-order valence-electron chi connectivity index (χ2n) is 9.26. The molecule has 0 radical (unpaired) electrons. The topological polar surface area (TPSA) is 93.5 Å². The first kappa shape index (κ1) is 23.4. The van der Waals surface area contributed by atoms with Gasteiger partial charge < -0.3 is 14.6 Å². The van der Waals surface area contributed by atoms with Crippen LogP contribution in [0.3, 0.4) is 0 Å². The molecule has 0 unspecified atom stereocenters. The molecule has 0 saturated carbocycles. The third-order valence-corrected chi connectivity index (χ3v) is 7.25. The number of amides is 1. The molecule has 1 aliphatic rings. The zero-order chi connectivity index (χ0) is 22.8. The minimum absolute atomic E-state index is 0.114. The smallest absolute Gasteiger partial charge is 0.251 e. The highest BCUT2D eigenvalue weighted by Crippen LogP contribution is 2.24. The average Bonchev–Trinajstić information content (AvgIpc) is 3.19. The maximum Gasteiger partial charge on any atom is 0.251 e. The summed E-state index contributed by atoms with van der Waals surface area (Å²) in [6.07, 6.45) is 4.90. The number of hydrogen-bond donors (Lipinski definition) is 1. The predicted molar refractivity (Wildman–Crippen MR) is 118 cm³/mol. The first-order valence-corrected chi connectivity index (χ1v) is 11.9. The quantitative estimate of drug-likeness (QED) is 0.733. The van der Waals surface area contributed by atoms with Gasteiger partial charge in [0.2, 0.25) is 10.0 Å². The van der Waals surface area contributed by atoms with E-state index in [0.717, 1.165) is 0 Å². The van der Waals surface area contributed by atoms with E-state index in [1.54, 1.807) is 24.7 Å². The standard InChI is InChI=1S/C22H32N4O4S/c1-16-12-26(13-17(2)30-16)31(28,29)19-8-6-7-18(11-19)21(27)24-20(22(3,4)5)14-25-10-9-23-15-25/h6-11,15-17,20H,12-14H2,1-5H3,(H,24,27)/t16-,17-,20-/m1/s1. The third-order valence-electron chi connectivity index (χ3n) is 5.42. The minimum Gasteiger partial charge on any atom is -0.373 e. The van der Waals surface area contributed by atoms with E-state index in [1.165, 1.54) is 16.4 Å². The molecule has 1 saturated heterocycles. The molecule has 170 valence electrons. The van der Waals surface area contributed by atoms with E-state index in [0.29, 0.717) is 25.2 Å². The van der Waals surface area contributed by atoms with Crippen LogP contribution in [0.5, 0.6) is 0 Å². The van der Waals surface area contributed by atoms with Gasteiger partial charge in [0.15, 0.2) is 0 Å². The summed E-state index contributed by atoms with van der Waals surface area (Å²) < 4.78 is 35.3. The third kappa shape index (κ3) is 5.72. The number of sulfonamides is 1. The van der Waals surface area contributed by atoms with E-state index in [1.807, 2.05) is 24.6 Å². The molecule has 8 nitrogen and oxygen atoms in total. The first-order valence-electron chi connectivity index (χ1n) is 10.5. The van der Waals surface area contributed by atoms with E-state index in [4.69, 9.17) is 4.74 Å². The highest BCUT2D eigenvalue weighted by molar-refractivity contribution is 7.89. The fraction of sp³-hybridized carbons (Fsp3) is 0.545. The Kier molecular flexibility index (Phi) is 6.88. The molecule has 31 heavy (non-hydrogen) atoms. The van der Waals surface area contributed by atoms with E-state index < -0.39 is 10.0 Å². The van der Waals surface area contributed by atoms with E-state index in [9.17, 15) is 13.2 Å². The van der Waals surface area contributed by atoms with Gasteiger partial charge in [-0.3, -0.25) is 4.79 Å². The molecule has 3 rings (SSSR count). The van der Waals surface area contributed by atoms with Crippen molar-refractivity contribution in [2.45, 2.75) is 64.3 Å². The summed E-state index contributed by atoms with van der Waals surface area (Å²) in [7, 11) is -3.72. The van der Waals surface area contributed by atoms with Gasteiger partial charge in [-0.25, -0.2) is 13.4 Å². The van der Waals surface area contributed by atoms with Crippen LogP contribution in [0, 0.1) is 5.41 Å². The molecule has 1 fully saturated rings. The number of carbonyl (C=O) groups is 1. The summed E-state index contributed by atoms with van der Waals surface area (Å²) in [6.45, 7) is 11.0. The molecular formula is C22H32N4O4S. The SMILES string of the molecule is C[C@@H]1CN(S(=O)(=O)c2cccc(C(=O)N[C@H](Cn3ccnc3)C(C)(C)C)c2)C[C@@H](C)O1. The number of nitrogens with one attached hydrogen (secondary N) is 1. The molecule has 9 heteroatoms. The lowest BCUT2D eigenvalue weighted by atomic mass is 9.86. The molecule has 3 atom stereocenters. The molecule has 2 aromatic rings. The maximum atomic E-state index is 13.2. The van der Waals surface area contributed by atoms with Gasteiger partial charge in [0.05, 0.1) is 29.5 Å². The van der Waals surface area contributed by atoms with Crippen molar-refractivity contribution in [3.05, 3.63) is 48.5 Å². The van der Waals surface area contributed by atoms with E-state index >= 15 is 0 Å². The number of hydrogen-bond acceptors (Lipinski definition) is 5. The predicted octanol–water partition coefficient (Wildman–Crippen LogP) is 2.53. The summed E-state index contributed by atoms with van der Waals surface area (Å²) in [5.74, 6) is -0.305. The van der Waals surface area contributed by atoms with Crippen LogP contribution < -0.4 is 5.32 Å². The lowest BCUT2D eigenvalue weighted by molar-refractivity contribution is -0.0440. The van der Waals surface area contributed by atoms with Gasteiger partial charge >= 0.3 is 0 Å². The number of ether oxygens (including phenoxy) is 1. The number of aromatic nitrogens is 2. The molecule has 2 heterocycles. The lowest BCUT2D eigenvalue weighted by Gasteiger charge is -2.34. The maximum absolute atomic E-state index is 13.2. The Morgan fingerprint density at radius 3 is 2.52 bits per heavy atom. The van der Waals surface area contributed by atoms with Crippen molar-refractivity contribution in [3.8, 4) is 0 Å². The number of rotatable bonds is 6. The molecule has 0 spiro atoms. The van der Waals surface area contributed by atoms with Crippen LogP contribution in [0.4, 0.5) is 0 Å². The second kappa shape index (κ2) is 9.10. The number of benzene rings is 1. The van der Waals surface area contributed by atoms with Crippen LogP contribution in [0.25, 0.3) is 0 Å². The Morgan fingerprint density at radius 1 is 1.26 bits per heavy atom. The van der Waals surface area contributed by atoms with Crippen molar-refractivity contribution in [2.75, 3.05) is 13.1 Å². The van der Waals surface area contributed by atoms with Crippen LogP contribution in [0.1, 0.15) is 45.0 Å². The first-order chi connectivity index (χ1) is 14.5. The van der Waals surface area contributed by atoms with Crippen molar-refractivity contribution in [1.82, 2.24) is 19.2 Å². The largest absolute Gasteiger partial charge is 0.373 e. The van der Waals surface area contributed by atoms with Crippen molar-refractivity contribution in [3.63, 3.8) is 0 Å². The summed E-state index contributed by atoms with van der Waals surface area (Å²) >= 11 is 0. The Balaban J connectivity index is 1.80. The van der Waals surface area contributed by atoms with Gasteiger partial charge in [0.25, 0.3) is 5.91 Å². The van der Waals surface area contributed by atoms with Gasteiger partial charge in [-0.05, 0) is 37.5 Å². The monoisotopic (exact) mass is 448 g/mol. The summed E-state index contributed by atoms with van der Waals surface area (Å²) in [5, 5.41) is 3.07. The Hall–Kier alpha value is -2.23. The summed E-state index contributed by atoms with van der Waals surface area (Å²) in [6, 6.07) is 6.05. The fourth-order valence-electron chi connectivity index (χ4n) is 3.66. The molecule has 1 amide bonds. The zero-order valence-corrected chi connectivity index (χ0v) is 19.6. The molecule has 0 bridgehead atoms. The molecule has 1 N–H and O–H groups in total. The van der Waals surface area contributed by atoms with E-state index in [-0.39, 0.29) is 34.5 Å². The van der Waals surface area contributed by atoms with Crippen LogP contribution >= 0.6 is 0 Å². The summed E-state index contributed by atoms with van der Waals surface area (Å²) in [4.78, 5) is 17.2. The summed E-state index contributed by atoms with van der Waals surface area (Å²) in [5.41, 5.74) is 0.110. The van der Waals surface area contributed by atoms with Crippen LogP contribution in [-0.4, -0.2) is 59.5 Å². The average molecular weight is 449 g/mol. The molecule has 1 aliphatic heterocycles. The molecule has 0 aliphatic carbocycles. The van der Waals surface area contributed by atoms with Crippen molar-refractivity contribution >= 4 is 15.9 Å². The Bertz CT molecular complexity index is 989. The van der Waals surface area contributed by atoms with E-state index in [2.05, 4.69) is 31.1 Å². The minimum atomic E-state index is -3.72. The van der Waals surface area contributed by atoms with Crippen molar-refractivity contribution in [1.29, 1.82) is 0 Å². The Morgan fingerprint density at radius 2 is 1.94 bits per heavy atom. The van der Waals surface area contributed by atoms with Gasteiger partial charge in [0.1, 0.15) is 0 Å². The second-order valence-corrected chi connectivity index (χ2v) is 11.2. The van der Waals surface area contributed by atoms with Crippen LogP contribution in [-0.2, 0) is 21.3 Å². The highest BCUT2D eigenvalue weighted by atomic mass is 32.2. The van der Waals surface area contributed by atoms with Crippen molar-refractivity contribution < 1.29 is 17.9 Å². The zero-order valence-electron chi connectivity index (χ0n) is 18.8. The molecule has 1 aromatic carbocycles. The van der Waals surface area contributed by atoms with Gasteiger partial charge in [-0.1, -0.05) is 26.8 Å². The number of morpholine rings is 1. The normalized spacial score (nSPS) is 21.6. The van der Waals surface area contributed by atoms with Gasteiger partial charge in [-0.15, -0.1) is 0 Å². The fourth-order valence-corrected chi connectivity index (χ4v) is 5.29. The van der Waals surface area contributed by atoms with Crippen molar-refractivity contribution in [2.24, 2.45) is 5.41 Å². The number of carbonyl (C=O) groups excluding carboxylic acids is 1. The molecule has 1 aromatic heterocycles. The number of imidazole rings is 1. The Labute approximate surface area is 184 Å². The van der Waals surface area contributed by atoms with Gasteiger partial charge in [-0.2, -0.15) is 4.31 Å². The van der Waals surface area contributed by atoms with Crippen LogP contribution in [0.15, 0.2) is 47.9 Å². The highest BCUT2D eigenvalue weighted by Gasteiger charge is 2.33.